The molecule has 27 heavy (non-hydrogen) atoms. The topological polar surface area (TPSA) is 44.4 Å². The molecule has 0 spiro atoms. The molecule has 3 atom stereocenters. The number of hydrogen-bond acceptors (Lipinski definition) is 3. The van der Waals surface area contributed by atoms with Gasteiger partial charge < -0.3 is 5.32 Å². The van der Waals surface area contributed by atoms with Crippen molar-refractivity contribution in [1.29, 1.82) is 0 Å². The summed E-state index contributed by atoms with van der Waals surface area (Å²) in [5, 5.41) is 5.43. The van der Waals surface area contributed by atoms with E-state index in [0.29, 0.717) is 6.42 Å². The molecule has 0 radical (unpaired) electrons. The van der Waals surface area contributed by atoms with Crippen LogP contribution in [0.3, 0.4) is 0 Å². The van der Waals surface area contributed by atoms with Gasteiger partial charge in [-0.2, -0.15) is 0 Å². The van der Waals surface area contributed by atoms with Crippen LogP contribution in [0.2, 0.25) is 0 Å². The molecule has 2 aromatic rings. The van der Waals surface area contributed by atoms with Crippen LogP contribution in [-0.4, -0.2) is 23.1 Å². The number of halogens is 1. The maximum atomic E-state index is 13.3. The Hall–Kier alpha value is -2.11. The van der Waals surface area contributed by atoms with Gasteiger partial charge in [-0.15, -0.1) is 0 Å². The van der Waals surface area contributed by atoms with Gasteiger partial charge in [-0.05, 0) is 36.6 Å². The van der Waals surface area contributed by atoms with Crippen LogP contribution in [-0.2, 0) is 11.2 Å². The first-order valence-corrected chi connectivity index (χ1v) is 10.2. The highest BCUT2D eigenvalue weighted by Gasteiger charge is 2.47. The number of fused-ring (bicyclic) bond motifs is 1. The number of carbonyl (C=O) groups is 1. The Labute approximate surface area is 168 Å². The van der Waals surface area contributed by atoms with Crippen LogP contribution >= 0.6 is 15.9 Å². The lowest BCUT2D eigenvalue weighted by molar-refractivity contribution is -0.132. The molecule has 2 aliphatic heterocycles. The van der Waals surface area contributed by atoms with Crippen LogP contribution < -0.4 is 10.7 Å². The van der Waals surface area contributed by atoms with Crippen LogP contribution in [0.4, 0.5) is 0 Å². The Morgan fingerprint density at radius 3 is 2.44 bits per heavy atom. The number of amides is 1. The number of allylic oxidation sites excluding steroid dienone is 1. The average molecular weight is 426 g/mol. The molecule has 2 aliphatic rings. The summed E-state index contributed by atoms with van der Waals surface area (Å²) >= 11 is 3.46. The van der Waals surface area contributed by atoms with Gasteiger partial charge in [0.2, 0.25) is 0 Å². The molecular formula is C22H24BrN3O. The molecule has 140 valence electrons. The van der Waals surface area contributed by atoms with Crippen molar-refractivity contribution in [2.45, 2.75) is 44.8 Å². The summed E-state index contributed by atoms with van der Waals surface area (Å²) in [6, 6.07) is 18.9. The van der Waals surface area contributed by atoms with Crippen LogP contribution in [0.15, 0.2) is 70.3 Å². The van der Waals surface area contributed by atoms with Crippen molar-refractivity contribution in [2.75, 3.05) is 0 Å². The number of hydrazine groups is 1. The fourth-order valence-electron chi connectivity index (χ4n) is 4.12. The molecule has 1 amide bonds. The maximum Gasteiger partial charge on any atom is 0.267 e. The second kappa shape index (κ2) is 7.49. The number of nitrogens with one attached hydrogen (secondary N) is 2. The summed E-state index contributed by atoms with van der Waals surface area (Å²) in [5.41, 5.74) is 7.65. The first kappa shape index (κ1) is 18.3. The van der Waals surface area contributed by atoms with E-state index >= 15 is 0 Å². The van der Waals surface area contributed by atoms with Gasteiger partial charge in [0.25, 0.3) is 5.91 Å². The minimum atomic E-state index is -0.0569. The molecule has 1 saturated heterocycles. The van der Waals surface area contributed by atoms with Crippen LogP contribution in [0, 0.1) is 0 Å². The van der Waals surface area contributed by atoms with E-state index < -0.39 is 0 Å². The van der Waals surface area contributed by atoms with E-state index in [9.17, 15) is 4.79 Å². The fraction of sp³-hybridized carbons (Fsp3) is 0.318. The van der Waals surface area contributed by atoms with Gasteiger partial charge in [-0.25, -0.2) is 5.43 Å². The summed E-state index contributed by atoms with van der Waals surface area (Å²) in [6.45, 7) is 4.18. The standard InChI is InChI=1S/C22H24BrN3O/c1-3-19-20(16-7-5-4-6-8-16)21-24-14(2)18(22(27)26(21)25-19)13-15-9-11-17(23)12-10-15/h4-12,19-21,24-25H,3,13H2,1-2H3. The van der Waals surface area contributed by atoms with E-state index in [1.807, 2.05) is 30.1 Å². The van der Waals surface area contributed by atoms with E-state index in [1.165, 1.54) is 5.56 Å². The minimum Gasteiger partial charge on any atom is -0.367 e. The molecule has 0 aromatic heterocycles. The lowest BCUT2D eigenvalue weighted by atomic mass is 9.88. The van der Waals surface area contributed by atoms with Crippen LogP contribution in [0.1, 0.15) is 37.3 Å². The fourth-order valence-corrected chi connectivity index (χ4v) is 4.39. The summed E-state index contributed by atoms with van der Waals surface area (Å²) in [4.78, 5) is 13.3. The number of benzene rings is 2. The van der Waals surface area contributed by atoms with Crippen molar-refractivity contribution in [1.82, 2.24) is 15.8 Å². The molecular weight excluding hydrogens is 402 g/mol. The SMILES string of the molecule is CCC1NN2C(=O)C(Cc3ccc(Br)cc3)=C(C)NC2C1c1ccccc1. The molecule has 5 heteroatoms. The molecule has 2 aromatic carbocycles. The van der Waals surface area contributed by atoms with Gasteiger partial charge in [0.05, 0.1) is 0 Å². The third-order valence-corrected chi connectivity index (χ3v) is 6.10. The number of hydrogen-bond donors (Lipinski definition) is 2. The second-order valence-corrected chi connectivity index (χ2v) is 8.17. The first-order chi connectivity index (χ1) is 13.1. The highest BCUT2D eigenvalue weighted by Crippen LogP contribution is 2.36. The van der Waals surface area contributed by atoms with E-state index in [4.69, 9.17) is 0 Å². The van der Waals surface area contributed by atoms with Crippen molar-refractivity contribution in [2.24, 2.45) is 0 Å². The smallest absolute Gasteiger partial charge is 0.267 e. The lowest BCUT2D eigenvalue weighted by Crippen LogP contribution is -2.54. The number of carbonyl (C=O) groups excluding carboxylic acids is 1. The lowest BCUT2D eigenvalue weighted by Gasteiger charge is -2.35. The Bertz CT molecular complexity index is 863. The number of rotatable bonds is 4. The van der Waals surface area contributed by atoms with Crippen molar-refractivity contribution >= 4 is 21.8 Å². The Balaban J connectivity index is 1.64. The zero-order chi connectivity index (χ0) is 19.0. The monoisotopic (exact) mass is 425 g/mol. The Morgan fingerprint density at radius 1 is 1.07 bits per heavy atom. The van der Waals surface area contributed by atoms with Gasteiger partial charge in [-0.1, -0.05) is 65.3 Å². The molecule has 4 nitrogen and oxygen atoms in total. The van der Waals surface area contributed by atoms with Gasteiger partial charge in [0, 0.05) is 34.1 Å². The summed E-state index contributed by atoms with van der Waals surface area (Å²) in [5.74, 6) is 0.306. The van der Waals surface area contributed by atoms with Gasteiger partial charge in [0.1, 0.15) is 6.17 Å². The van der Waals surface area contributed by atoms with Crippen LogP contribution in [0.5, 0.6) is 0 Å². The van der Waals surface area contributed by atoms with Crippen molar-refractivity contribution in [3.05, 3.63) is 81.5 Å². The quantitative estimate of drug-likeness (QED) is 0.774. The van der Waals surface area contributed by atoms with Gasteiger partial charge in [0.15, 0.2) is 0 Å². The average Bonchev–Trinajstić information content (AvgIpc) is 3.06. The largest absolute Gasteiger partial charge is 0.367 e. The minimum absolute atomic E-state index is 0.0569. The van der Waals surface area contributed by atoms with Gasteiger partial charge in [-0.3, -0.25) is 9.80 Å². The van der Waals surface area contributed by atoms with E-state index in [0.717, 1.165) is 27.7 Å². The predicted molar refractivity (Wildman–Crippen MR) is 111 cm³/mol. The highest BCUT2D eigenvalue weighted by atomic mass is 79.9. The molecule has 0 bridgehead atoms. The van der Waals surface area contributed by atoms with E-state index in [1.54, 1.807) is 0 Å². The van der Waals surface area contributed by atoms with E-state index in [-0.39, 0.29) is 24.0 Å². The second-order valence-electron chi connectivity index (χ2n) is 7.25. The summed E-state index contributed by atoms with van der Waals surface area (Å²) < 4.78 is 1.04. The van der Waals surface area contributed by atoms with Gasteiger partial charge >= 0.3 is 0 Å². The summed E-state index contributed by atoms with van der Waals surface area (Å²) in [7, 11) is 0. The normalized spacial score (nSPS) is 24.8. The molecule has 4 rings (SSSR count). The van der Waals surface area contributed by atoms with Crippen molar-refractivity contribution in [3.8, 4) is 0 Å². The molecule has 0 saturated carbocycles. The predicted octanol–water partition coefficient (Wildman–Crippen LogP) is 4.10. The zero-order valence-corrected chi connectivity index (χ0v) is 17.2. The van der Waals surface area contributed by atoms with Crippen LogP contribution in [0.25, 0.3) is 0 Å². The summed E-state index contributed by atoms with van der Waals surface area (Å²) in [6.07, 6.45) is 1.53. The van der Waals surface area contributed by atoms with E-state index in [2.05, 4.69) is 70.0 Å². The maximum absolute atomic E-state index is 13.3. The third kappa shape index (κ3) is 3.42. The highest BCUT2D eigenvalue weighted by molar-refractivity contribution is 9.10. The van der Waals surface area contributed by atoms with Crippen molar-refractivity contribution < 1.29 is 4.79 Å². The molecule has 3 unspecified atom stereocenters. The molecule has 0 aliphatic carbocycles. The zero-order valence-electron chi connectivity index (χ0n) is 15.6. The Kier molecular flexibility index (Phi) is 5.06. The molecule has 1 fully saturated rings. The molecule has 2 heterocycles. The molecule has 2 N–H and O–H groups in total. The third-order valence-electron chi connectivity index (χ3n) is 5.57. The first-order valence-electron chi connectivity index (χ1n) is 9.44. The van der Waals surface area contributed by atoms with Crippen molar-refractivity contribution in [3.63, 3.8) is 0 Å². The number of nitrogens with zero attached hydrogens (tertiary/aromatic N) is 1. The Morgan fingerprint density at radius 2 is 1.78 bits per heavy atom.